The Balaban J connectivity index is 2.08. The van der Waals surface area contributed by atoms with Crippen LogP contribution in [-0.4, -0.2) is 24.3 Å². The van der Waals surface area contributed by atoms with E-state index in [9.17, 15) is 0 Å². The van der Waals surface area contributed by atoms with Crippen LogP contribution in [0.1, 0.15) is 0 Å². The second-order valence-electron chi connectivity index (χ2n) is 3.85. The Bertz CT molecular complexity index is 497. The minimum Gasteiger partial charge on any atom is -0.497 e. The van der Waals surface area contributed by atoms with Crippen molar-refractivity contribution in [1.29, 1.82) is 0 Å². The topological polar surface area (TPSA) is 61.7 Å². The van der Waals surface area contributed by atoms with Gasteiger partial charge in [-0.05, 0) is 41.9 Å². The van der Waals surface area contributed by atoms with Crippen molar-refractivity contribution in [3.63, 3.8) is 0 Å². The SMILES string of the molecule is COc1ccc(Nc2ccc(B(O)O)cc2)cc1. The lowest BCUT2D eigenvalue weighted by Crippen LogP contribution is -2.29. The van der Waals surface area contributed by atoms with Crippen LogP contribution < -0.4 is 15.5 Å². The van der Waals surface area contributed by atoms with Crippen LogP contribution in [0.25, 0.3) is 0 Å². The molecule has 5 heteroatoms. The lowest BCUT2D eigenvalue weighted by Gasteiger charge is -2.08. The molecule has 0 amide bonds. The van der Waals surface area contributed by atoms with E-state index in [1.54, 1.807) is 31.4 Å². The van der Waals surface area contributed by atoms with E-state index in [1.165, 1.54) is 0 Å². The van der Waals surface area contributed by atoms with Crippen LogP contribution in [0.3, 0.4) is 0 Å². The summed E-state index contributed by atoms with van der Waals surface area (Å²) in [4.78, 5) is 0. The van der Waals surface area contributed by atoms with Crippen LogP contribution in [0.15, 0.2) is 48.5 Å². The summed E-state index contributed by atoms with van der Waals surface area (Å²) in [6, 6.07) is 14.5. The molecule has 3 N–H and O–H groups in total. The molecule has 0 aliphatic rings. The zero-order chi connectivity index (χ0) is 13.0. The van der Waals surface area contributed by atoms with Crippen molar-refractivity contribution in [1.82, 2.24) is 0 Å². The van der Waals surface area contributed by atoms with E-state index in [2.05, 4.69) is 5.32 Å². The number of methoxy groups -OCH3 is 1. The van der Waals surface area contributed by atoms with Crippen LogP contribution >= 0.6 is 0 Å². The third-order valence-electron chi connectivity index (χ3n) is 2.59. The van der Waals surface area contributed by atoms with Gasteiger partial charge in [-0.1, -0.05) is 12.1 Å². The quantitative estimate of drug-likeness (QED) is 0.704. The highest BCUT2D eigenvalue weighted by Gasteiger charge is 2.09. The van der Waals surface area contributed by atoms with Gasteiger partial charge in [-0.3, -0.25) is 0 Å². The highest BCUT2D eigenvalue weighted by molar-refractivity contribution is 6.58. The van der Waals surface area contributed by atoms with E-state index in [4.69, 9.17) is 14.8 Å². The molecule has 2 rings (SSSR count). The Morgan fingerprint density at radius 3 is 1.83 bits per heavy atom. The number of hydrogen-bond acceptors (Lipinski definition) is 4. The van der Waals surface area contributed by atoms with Gasteiger partial charge < -0.3 is 20.1 Å². The predicted octanol–water partition coefficient (Wildman–Crippen LogP) is 1.12. The van der Waals surface area contributed by atoms with Crippen molar-refractivity contribution in [2.24, 2.45) is 0 Å². The average Bonchev–Trinajstić information content (AvgIpc) is 2.40. The minimum atomic E-state index is -1.43. The molecular formula is C13H14BNO3. The number of nitrogens with one attached hydrogen (secondary N) is 1. The second-order valence-corrected chi connectivity index (χ2v) is 3.85. The second kappa shape index (κ2) is 5.57. The van der Waals surface area contributed by atoms with Gasteiger partial charge >= 0.3 is 7.12 Å². The summed E-state index contributed by atoms with van der Waals surface area (Å²) in [6.45, 7) is 0. The largest absolute Gasteiger partial charge is 0.497 e. The van der Waals surface area contributed by atoms with E-state index in [0.717, 1.165) is 17.1 Å². The highest BCUT2D eigenvalue weighted by atomic mass is 16.5. The molecule has 2 aromatic rings. The van der Waals surface area contributed by atoms with Crippen molar-refractivity contribution >= 4 is 24.0 Å². The van der Waals surface area contributed by atoms with Crippen LogP contribution in [0, 0.1) is 0 Å². The van der Waals surface area contributed by atoms with Crippen molar-refractivity contribution in [2.45, 2.75) is 0 Å². The first-order valence-corrected chi connectivity index (χ1v) is 5.56. The first-order valence-electron chi connectivity index (χ1n) is 5.56. The fourth-order valence-electron chi connectivity index (χ4n) is 1.58. The Kier molecular flexibility index (Phi) is 3.87. The summed E-state index contributed by atoms with van der Waals surface area (Å²) in [5, 5.41) is 21.2. The van der Waals surface area contributed by atoms with Crippen LogP contribution in [0.5, 0.6) is 5.75 Å². The summed E-state index contributed by atoms with van der Waals surface area (Å²) in [7, 11) is 0.196. The summed E-state index contributed by atoms with van der Waals surface area (Å²) in [6.07, 6.45) is 0. The third kappa shape index (κ3) is 3.03. The Morgan fingerprint density at radius 2 is 1.39 bits per heavy atom. The molecule has 0 spiro atoms. The number of anilines is 2. The summed E-state index contributed by atoms with van der Waals surface area (Å²) in [5.41, 5.74) is 2.29. The molecule has 2 aromatic carbocycles. The monoisotopic (exact) mass is 243 g/mol. The number of benzene rings is 2. The maximum absolute atomic E-state index is 8.98. The summed E-state index contributed by atoms with van der Waals surface area (Å²) >= 11 is 0. The van der Waals surface area contributed by atoms with E-state index in [-0.39, 0.29) is 0 Å². The van der Waals surface area contributed by atoms with Crippen molar-refractivity contribution in [3.8, 4) is 5.75 Å². The zero-order valence-electron chi connectivity index (χ0n) is 10.00. The molecule has 0 bridgehead atoms. The normalized spacial score (nSPS) is 9.94. The van der Waals surface area contributed by atoms with Gasteiger partial charge in [0.25, 0.3) is 0 Å². The van der Waals surface area contributed by atoms with Crippen LogP contribution in [0.4, 0.5) is 11.4 Å². The van der Waals surface area contributed by atoms with Gasteiger partial charge in [0.1, 0.15) is 5.75 Å². The van der Waals surface area contributed by atoms with Crippen molar-refractivity contribution in [3.05, 3.63) is 48.5 Å². The lowest BCUT2D eigenvalue weighted by molar-refractivity contribution is 0.415. The van der Waals surface area contributed by atoms with E-state index in [1.807, 2.05) is 24.3 Å². The van der Waals surface area contributed by atoms with E-state index in [0.29, 0.717) is 5.46 Å². The van der Waals surface area contributed by atoms with E-state index < -0.39 is 7.12 Å². The van der Waals surface area contributed by atoms with Crippen LogP contribution in [-0.2, 0) is 0 Å². The van der Waals surface area contributed by atoms with Gasteiger partial charge in [-0.25, -0.2) is 0 Å². The molecule has 18 heavy (non-hydrogen) atoms. The van der Waals surface area contributed by atoms with Gasteiger partial charge in [-0.2, -0.15) is 0 Å². The molecule has 0 radical (unpaired) electrons. The summed E-state index contributed by atoms with van der Waals surface area (Å²) in [5.74, 6) is 0.805. The number of ether oxygens (including phenoxy) is 1. The number of rotatable bonds is 4. The molecule has 0 saturated carbocycles. The standard InChI is InChI=1S/C13H14BNO3/c1-18-13-8-6-12(7-9-13)15-11-4-2-10(3-5-11)14(16)17/h2-9,15-17H,1H3. The van der Waals surface area contributed by atoms with Gasteiger partial charge in [0, 0.05) is 11.4 Å². The molecule has 0 atom stereocenters. The Labute approximate surface area is 106 Å². The molecule has 0 heterocycles. The molecule has 0 saturated heterocycles. The molecule has 4 nitrogen and oxygen atoms in total. The molecule has 92 valence electrons. The highest BCUT2D eigenvalue weighted by Crippen LogP contribution is 2.19. The Hall–Kier alpha value is -1.98. The van der Waals surface area contributed by atoms with Crippen LogP contribution in [0.2, 0.25) is 0 Å². The molecule has 0 aromatic heterocycles. The molecular weight excluding hydrogens is 229 g/mol. The lowest BCUT2D eigenvalue weighted by atomic mass is 9.80. The van der Waals surface area contributed by atoms with Gasteiger partial charge in [-0.15, -0.1) is 0 Å². The maximum Gasteiger partial charge on any atom is 0.488 e. The van der Waals surface area contributed by atoms with Gasteiger partial charge in [0.15, 0.2) is 0 Å². The Morgan fingerprint density at radius 1 is 0.889 bits per heavy atom. The van der Waals surface area contributed by atoms with Crippen molar-refractivity contribution in [2.75, 3.05) is 12.4 Å². The van der Waals surface area contributed by atoms with Gasteiger partial charge in [0.2, 0.25) is 0 Å². The first kappa shape index (κ1) is 12.5. The fraction of sp³-hybridized carbons (Fsp3) is 0.0769. The van der Waals surface area contributed by atoms with Gasteiger partial charge in [0.05, 0.1) is 7.11 Å². The number of hydrogen-bond donors (Lipinski definition) is 3. The molecule has 0 unspecified atom stereocenters. The molecule has 0 aliphatic heterocycles. The fourth-order valence-corrected chi connectivity index (χ4v) is 1.58. The predicted molar refractivity (Wildman–Crippen MR) is 72.5 cm³/mol. The first-order chi connectivity index (χ1) is 8.69. The zero-order valence-corrected chi connectivity index (χ0v) is 10.00. The minimum absolute atomic E-state index is 0.468. The average molecular weight is 243 g/mol. The summed E-state index contributed by atoms with van der Waals surface area (Å²) < 4.78 is 5.08. The van der Waals surface area contributed by atoms with Crippen molar-refractivity contribution < 1.29 is 14.8 Å². The third-order valence-corrected chi connectivity index (χ3v) is 2.59. The molecule has 0 aliphatic carbocycles. The smallest absolute Gasteiger partial charge is 0.488 e. The maximum atomic E-state index is 8.98. The van der Waals surface area contributed by atoms with E-state index >= 15 is 0 Å². The molecule has 0 fully saturated rings.